The third-order valence-corrected chi connectivity index (χ3v) is 3.83. The SMILES string of the molecule is CC(N)(C(=O)NCCC(=O)N1CCOCC1)c1ccccc1. The van der Waals surface area contributed by atoms with E-state index in [1.165, 1.54) is 0 Å². The van der Waals surface area contributed by atoms with Crippen molar-refractivity contribution in [2.75, 3.05) is 32.8 Å². The first kappa shape index (κ1) is 16.5. The molecule has 1 aliphatic rings. The van der Waals surface area contributed by atoms with Crippen molar-refractivity contribution in [3.8, 4) is 0 Å². The van der Waals surface area contributed by atoms with Crippen molar-refractivity contribution in [1.29, 1.82) is 0 Å². The number of benzene rings is 1. The van der Waals surface area contributed by atoms with E-state index in [1.54, 1.807) is 11.8 Å². The molecule has 1 aliphatic heterocycles. The van der Waals surface area contributed by atoms with Gasteiger partial charge in [-0.1, -0.05) is 30.3 Å². The Morgan fingerprint density at radius 1 is 1.27 bits per heavy atom. The Morgan fingerprint density at radius 2 is 1.91 bits per heavy atom. The van der Waals surface area contributed by atoms with E-state index in [9.17, 15) is 9.59 Å². The average Bonchev–Trinajstić information content (AvgIpc) is 2.56. The van der Waals surface area contributed by atoms with Crippen molar-refractivity contribution in [2.24, 2.45) is 5.73 Å². The highest BCUT2D eigenvalue weighted by atomic mass is 16.5. The van der Waals surface area contributed by atoms with Crippen LogP contribution in [0.5, 0.6) is 0 Å². The van der Waals surface area contributed by atoms with Gasteiger partial charge >= 0.3 is 0 Å². The lowest BCUT2D eigenvalue weighted by Crippen LogP contribution is -2.50. The third kappa shape index (κ3) is 4.05. The van der Waals surface area contributed by atoms with Crippen LogP contribution in [0.15, 0.2) is 30.3 Å². The van der Waals surface area contributed by atoms with Gasteiger partial charge in [-0.25, -0.2) is 0 Å². The molecule has 0 aliphatic carbocycles. The van der Waals surface area contributed by atoms with Gasteiger partial charge in [0.15, 0.2) is 0 Å². The fourth-order valence-corrected chi connectivity index (χ4v) is 2.35. The Balaban J connectivity index is 1.81. The predicted molar refractivity (Wildman–Crippen MR) is 83.0 cm³/mol. The Kier molecular flexibility index (Phi) is 5.51. The second kappa shape index (κ2) is 7.38. The van der Waals surface area contributed by atoms with E-state index in [0.717, 1.165) is 5.56 Å². The molecule has 6 nitrogen and oxygen atoms in total. The number of hydrogen-bond donors (Lipinski definition) is 2. The lowest BCUT2D eigenvalue weighted by molar-refractivity contribution is -0.135. The molecule has 0 aromatic heterocycles. The fraction of sp³-hybridized carbons (Fsp3) is 0.500. The Bertz CT molecular complexity index is 511. The molecule has 2 amide bonds. The van der Waals surface area contributed by atoms with E-state index in [4.69, 9.17) is 10.5 Å². The van der Waals surface area contributed by atoms with E-state index < -0.39 is 5.54 Å². The summed E-state index contributed by atoms with van der Waals surface area (Å²) in [5, 5.41) is 2.75. The minimum Gasteiger partial charge on any atom is -0.378 e. The maximum Gasteiger partial charge on any atom is 0.244 e. The number of morpholine rings is 1. The molecule has 1 fully saturated rings. The average molecular weight is 305 g/mol. The number of hydrogen-bond acceptors (Lipinski definition) is 4. The van der Waals surface area contributed by atoms with Gasteiger partial charge in [-0.2, -0.15) is 0 Å². The maximum atomic E-state index is 12.2. The number of carbonyl (C=O) groups is 2. The number of nitrogens with two attached hydrogens (primary N) is 1. The summed E-state index contributed by atoms with van der Waals surface area (Å²) >= 11 is 0. The van der Waals surface area contributed by atoms with Crippen LogP contribution in [-0.4, -0.2) is 49.6 Å². The van der Waals surface area contributed by atoms with Crippen LogP contribution in [0.1, 0.15) is 18.9 Å². The van der Waals surface area contributed by atoms with Crippen LogP contribution in [0.4, 0.5) is 0 Å². The van der Waals surface area contributed by atoms with E-state index in [2.05, 4.69) is 5.32 Å². The molecule has 1 atom stereocenters. The van der Waals surface area contributed by atoms with Crippen LogP contribution in [-0.2, 0) is 19.9 Å². The van der Waals surface area contributed by atoms with Gasteiger partial charge < -0.3 is 20.7 Å². The summed E-state index contributed by atoms with van der Waals surface area (Å²) in [6, 6.07) is 9.20. The number of rotatable bonds is 5. The first-order valence-electron chi connectivity index (χ1n) is 7.50. The van der Waals surface area contributed by atoms with Gasteiger partial charge in [-0.15, -0.1) is 0 Å². The monoisotopic (exact) mass is 305 g/mol. The quantitative estimate of drug-likeness (QED) is 0.815. The summed E-state index contributed by atoms with van der Waals surface area (Å²) in [5.74, 6) is -0.254. The lowest BCUT2D eigenvalue weighted by atomic mass is 9.92. The zero-order chi connectivity index (χ0) is 16.0. The number of amides is 2. The molecule has 1 unspecified atom stereocenters. The highest BCUT2D eigenvalue weighted by Gasteiger charge is 2.30. The predicted octanol–water partition coefficient (Wildman–Crippen LogP) is 0.226. The first-order valence-corrected chi connectivity index (χ1v) is 7.50. The van der Waals surface area contributed by atoms with Gasteiger partial charge in [-0.05, 0) is 12.5 Å². The lowest BCUT2D eigenvalue weighted by Gasteiger charge is -2.27. The molecular weight excluding hydrogens is 282 g/mol. The normalized spacial score (nSPS) is 17.6. The van der Waals surface area contributed by atoms with E-state index in [1.807, 2.05) is 30.3 Å². The van der Waals surface area contributed by atoms with Crippen LogP contribution < -0.4 is 11.1 Å². The number of nitrogens with zero attached hydrogens (tertiary/aromatic N) is 1. The van der Waals surface area contributed by atoms with Crippen molar-refractivity contribution >= 4 is 11.8 Å². The molecule has 1 saturated heterocycles. The van der Waals surface area contributed by atoms with Crippen molar-refractivity contribution in [3.63, 3.8) is 0 Å². The summed E-state index contributed by atoms with van der Waals surface area (Å²) in [4.78, 5) is 26.0. The summed E-state index contributed by atoms with van der Waals surface area (Å²) < 4.78 is 5.21. The molecule has 0 spiro atoms. The molecule has 1 aromatic rings. The van der Waals surface area contributed by atoms with Crippen molar-refractivity contribution in [2.45, 2.75) is 18.9 Å². The molecule has 1 aromatic carbocycles. The van der Waals surface area contributed by atoms with Crippen LogP contribution in [0, 0.1) is 0 Å². The third-order valence-electron chi connectivity index (χ3n) is 3.83. The van der Waals surface area contributed by atoms with E-state index >= 15 is 0 Å². The molecule has 0 saturated carbocycles. The molecule has 0 radical (unpaired) electrons. The van der Waals surface area contributed by atoms with Gasteiger partial charge in [0.25, 0.3) is 0 Å². The zero-order valence-electron chi connectivity index (χ0n) is 12.9. The van der Waals surface area contributed by atoms with E-state index in [-0.39, 0.29) is 24.8 Å². The second-order valence-electron chi connectivity index (χ2n) is 5.57. The van der Waals surface area contributed by atoms with Crippen molar-refractivity contribution in [1.82, 2.24) is 10.2 Å². The molecular formula is C16H23N3O3. The van der Waals surface area contributed by atoms with Crippen LogP contribution in [0.25, 0.3) is 0 Å². The molecule has 2 rings (SSSR count). The number of ether oxygens (including phenoxy) is 1. The summed E-state index contributed by atoms with van der Waals surface area (Å²) in [5.41, 5.74) is 5.75. The van der Waals surface area contributed by atoms with Gasteiger partial charge in [0.1, 0.15) is 5.54 Å². The first-order chi connectivity index (χ1) is 10.5. The smallest absolute Gasteiger partial charge is 0.244 e. The molecule has 6 heteroatoms. The Hall–Kier alpha value is -1.92. The largest absolute Gasteiger partial charge is 0.378 e. The minimum atomic E-state index is -1.11. The highest BCUT2D eigenvalue weighted by Crippen LogP contribution is 2.17. The molecule has 3 N–H and O–H groups in total. The summed E-state index contributed by atoms with van der Waals surface area (Å²) in [7, 11) is 0. The van der Waals surface area contributed by atoms with Crippen LogP contribution in [0.2, 0.25) is 0 Å². The minimum absolute atomic E-state index is 0.0297. The highest BCUT2D eigenvalue weighted by molar-refractivity contribution is 5.87. The summed E-state index contributed by atoms with van der Waals surface area (Å²) in [6.07, 6.45) is 0.274. The molecule has 120 valence electrons. The van der Waals surface area contributed by atoms with Crippen molar-refractivity contribution in [3.05, 3.63) is 35.9 Å². The van der Waals surface area contributed by atoms with Crippen LogP contribution in [0.3, 0.4) is 0 Å². The van der Waals surface area contributed by atoms with E-state index in [0.29, 0.717) is 26.3 Å². The molecule has 22 heavy (non-hydrogen) atoms. The topological polar surface area (TPSA) is 84.7 Å². The Labute approximate surface area is 130 Å². The maximum absolute atomic E-state index is 12.2. The fourth-order valence-electron chi connectivity index (χ4n) is 2.35. The molecule has 0 bridgehead atoms. The Morgan fingerprint density at radius 3 is 2.55 bits per heavy atom. The number of nitrogens with one attached hydrogen (secondary N) is 1. The standard InChI is InChI=1S/C16H23N3O3/c1-16(17,13-5-3-2-4-6-13)15(21)18-8-7-14(20)19-9-11-22-12-10-19/h2-6H,7-12,17H2,1H3,(H,18,21). The number of carbonyl (C=O) groups excluding carboxylic acids is 2. The second-order valence-corrected chi connectivity index (χ2v) is 5.57. The van der Waals surface area contributed by atoms with Crippen LogP contribution >= 0.6 is 0 Å². The van der Waals surface area contributed by atoms with Gasteiger partial charge in [0, 0.05) is 26.1 Å². The van der Waals surface area contributed by atoms with Crippen molar-refractivity contribution < 1.29 is 14.3 Å². The van der Waals surface area contributed by atoms with Gasteiger partial charge in [0.2, 0.25) is 11.8 Å². The zero-order valence-corrected chi connectivity index (χ0v) is 12.9. The van der Waals surface area contributed by atoms with Gasteiger partial charge in [0.05, 0.1) is 13.2 Å². The van der Waals surface area contributed by atoms with Gasteiger partial charge in [-0.3, -0.25) is 9.59 Å². The molecule has 1 heterocycles. The summed E-state index contributed by atoms with van der Waals surface area (Å²) in [6.45, 7) is 4.34.